The molecule has 0 N–H and O–H groups in total. The van der Waals surface area contributed by atoms with E-state index in [1.165, 1.54) is 11.1 Å². The van der Waals surface area contributed by atoms with Gasteiger partial charge in [0.2, 0.25) is 0 Å². The van der Waals surface area contributed by atoms with Crippen molar-refractivity contribution in [3.05, 3.63) is 47.5 Å². The molecule has 1 aromatic carbocycles. The molecule has 1 heterocycles. The fourth-order valence-corrected chi connectivity index (χ4v) is 1.66. The lowest BCUT2D eigenvalue weighted by Crippen LogP contribution is -2.10. The molecule has 15 heavy (non-hydrogen) atoms. The molecule has 0 aromatic heterocycles. The Bertz CT molecular complexity index is 405. The Morgan fingerprint density at radius 3 is 2.27 bits per heavy atom. The first-order valence-corrected chi connectivity index (χ1v) is 5.38. The van der Waals surface area contributed by atoms with Crippen LogP contribution in [-0.2, 0) is 0 Å². The van der Waals surface area contributed by atoms with Crippen LogP contribution >= 0.6 is 0 Å². The molecule has 1 aliphatic rings. The minimum absolute atomic E-state index is 0.236. The summed E-state index contributed by atoms with van der Waals surface area (Å²) >= 11 is 0. The van der Waals surface area contributed by atoms with Crippen molar-refractivity contribution in [2.45, 2.75) is 20.8 Å². The highest BCUT2D eigenvalue weighted by Gasteiger charge is 2.21. The summed E-state index contributed by atoms with van der Waals surface area (Å²) in [4.78, 5) is 4.58. The highest BCUT2D eigenvalue weighted by molar-refractivity contribution is 6.10. The topological polar surface area (TPSA) is 12.4 Å². The third-order valence-electron chi connectivity index (χ3n) is 2.76. The predicted molar refractivity (Wildman–Crippen MR) is 65.4 cm³/mol. The van der Waals surface area contributed by atoms with Crippen molar-refractivity contribution in [2.75, 3.05) is 6.54 Å². The Kier molecular flexibility index (Phi) is 2.47. The van der Waals surface area contributed by atoms with Gasteiger partial charge in [0.15, 0.2) is 0 Å². The summed E-state index contributed by atoms with van der Waals surface area (Å²) in [6, 6.07) is 10.4. The molecule has 0 atom stereocenters. The van der Waals surface area contributed by atoms with Crippen LogP contribution in [0.2, 0.25) is 0 Å². The monoisotopic (exact) mass is 199 g/mol. The maximum atomic E-state index is 4.58. The van der Waals surface area contributed by atoms with Crippen LogP contribution in [0.5, 0.6) is 0 Å². The fourth-order valence-electron chi connectivity index (χ4n) is 1.66. The average Bonchev–Trinajstić information content (AvgIpc) is 2.67. The standard InChI is InChI=1S/C14H17N/c1-14(2,3)12-9-13(15-10-12)11-7-5-4-6-8-11/h4-9H,10H2,1-3H3. The Labute approximate surface area is 91.6 Å². The molecule has 0 radical (unpaired) electrons. The summed E-state index contributed by atoms with van der Waals surface area (Å²) in [6.07, 6.45) is 2.23. The van der Waals surface area contributed by atoms with Gasteiger partial charge in [-0.1, -0.05) is 51.1 Å². The van der Waals surface area contributed by atoms with Gasteiger partial charge in [-0.15, -0.1) is 0 Å². The molecule has 1 aliphatic heterocycles. The molecule has 0 unspecified atom stereocenters. The first-order valence-electron chi connectivity index (χ1n) is 5.38. The molecule has 0 saturated heterocycles. The molecular weight excluding hydrogens is 182 g/mol. The first kappa shape index (κ1) is 10.2. The van der Waals surface area contributed by atoms with Crippen molar-refractivity contribution < 1.29 is 0 Å². The highest BCUT2D eigenvalue weighted by atomic mass is 14.8. The molecule has 1 heteroatoms. The van der Waals surface area contributed by atoms with Gasteiger partial charge in [0.1, 0.15) is 0 Å². The Balaban J connectivity index is 2.26. The molecule has 1 nitrogen and oxygen atoms in total. The van der Waals surface area contributed by atoms with Crippen LogP contribution in [0, 0.1) is 5.41 Å². The van der Waals surface area contributed by atoms with Crippen LogP contribution in [0.25, 0.3) is 0 Å². The zero-order chi connectivity index (χ0) is 10.9. The van der Waals surface area contributed by atoms with Crippen molar-refractivity contribution in [3.8, 4) is 0 Å². The third kappa shape index (κ3) is 2.17. The van der Waals surface area contributed by atoms with Crippen LogP contribution in [-0.4, -0.2) is 12.3 Å². The minimum Gasteiger partial charge on any atom is -0.280 e. The van der Waals surface area contributed by atoms with E-state index in [2.05, 4.69) is 56.1 Å². The lowest BCUT2D eigenvalue weighted by atomic mass is 9.86. The van der Waals surface area contributed by atoms with Gasteiger partial charge in [0, 0.05) is 0 Å². The fraction of sp³-hybridized carbons (Fsp3) is 0.357. The quantitative estimate of drug-likeness (QED) is 0.656. The number of benzene rings is 1. The molecular formula is C14H17N. The van der Waals surface area contributed by atoms with Gasteiger partial charge in [-0.2, -0.15) is 0 Å². The Morgan fingerprint density at radius 1 is 1.07 bits per heavy atom. The summed E-state index contributed by atoms with van der Waals surface area (Å²) in [5.41, 5.74) is 4.00. The van der Waals surface area contributed by atoms with Gasteiger partial charge in [0.05, 0.1) is 12.3 Å². The molecule has 0 fully saturated rings. The summed E-state index contributed by atoms with van der Waals surface area (Å²) in [7, 11) is 0. The van der Waals surface area contributed by atoms with Crippen molar-refractivity contribution in [1.82, 2.24) is 0 Å². The Morgan fingerprint density at radius 2 is 1.73 bits per heavy atom. The van der Waals surface area contributed by atoms with E-state index in [4.69, 9.17) is 0 Å². The van der Waals surface area contributed by atoms with E-state index < -0.39 is 0 Å². The summed E-state index contributed by atoms with van der Waals surface area (Å²) in [6.45, 7) is 7.57. The van der Waals surface area contributed by atoms with E-state index in [1.807, 2.05) is 6.07 Å². The number of allylic oxidation sites excluding steroid dienone is 1. The zero-order valence-corrected chi connectivity index (χ0v) is 9.62. The first-order chi connectivity index (χ1) is 7.07. The van der Waals surface area contributed by atoms with Gasteiger partial charge >= 0.3 is 0 Å². The van der Waals surface area contributed by atoms with Crippen LogP contribution in [0.15, 0.2) is 47.0 Å². The second-order valence-corrected chi connectivity index (χ2v) is 4.99. The molecule has 78 valence electrons. The second-order valence-electron chi connectivity index (χ2n) is 4.99. The van der Waals surface area contributed by atoms with E-state index in [-0.39, 0.29) is 5.41 Å². The van der Waals surface area contributed by atoms with E-state index in [0.29, 0.717) is 0 Å². The highest BCUT2D eigenvalue weighted by Crippen LogP contribution is 2.28. The zero-order valence-electron chi connectivity index (χ0n) is 9.62. The largest absolute Gasteiger partial charge is 0.280 e. The van der Waals surface area contributed by atoms with Crippen molar-refractivity contribution in [3.63, 3.8) is 0 Å². The van der Waals surface area contributed by atoms with Crippen molar-refractivity contribution in [2.24, 2.45) is 10.4 Å². The smallest absolute Gasteiger partial charge is 0.0651 e. The number of hydrogen-bond acceptors (Lipinski definition) is 1. The number of aliphatic imine (C=N–C) groups is 1. The second kappa shape index (κ2) is 3.65. The molecule has 0 aliphatic carbocycles. The summed E-state index contributed by atoms with van der Waals surface area (Å²) < 4.78 is 0. The summed E-state index contributed by atoms with van der Waals surface area (Å²) in [5.74, 6) is 0. The predicted octanol–water partition coefficient (Wildman–Crippen LogP) is 3.46. The van der Waals surface area contributed by atoms with Crippen molar-refractivity contribution in [1.29, 1.82) is 0 Å². The number of hydrogen-bond donors (Lipinski definition) is 0. The van der Waals surface area contributed by atoms with E-state index in [9.17, 15) is 0 Å². The van der Waals surface area contributed by atoms with Gasteiger partial charge in [-0.25, -0.2) is 0 Å². The van der Waals surface area contributed by atoms with E-state index in [1.54, 1.807) is 0 Å². The van der Waals surface area contributed by atoms with Gasteiger partial charge < -0.3 is 0 Å². The van der Waals surface area contributed by atoms with Crippen LogP contribution in [0.4, 0.5) is 0 Å². The summed E-state index contributed by atoms with van der Waals surface area (Å²) in [5, 5.41) is 0. The molecule has 0 spiro atoms. The molecule has 0 amide bonds. The van der Waals surface area contributed by atoms with E-state index >= 15 is 0 Å². The van der Waals surface area contributed by atoms with Crippen LogP contribution < -0.4 is 0 Å². The molecule has 1 aromatic rings. The number of rotatable bonds is 1. The SMILES string of the molecule is CC(C)(C)C1=CC(c2ccccc2)=NC1. The molecule has 0 bridgehead atoms. The Hall–Kier alpha value is -1.37. The van der Waals surface area contributed by atoms with Gasteiger partial charge in [0.25, 0.3) is 0 Å². The normalized spacial score (nSPS) is 16.2. The van der Waals surface area contributed by atoms with Crippen LogP contribution in [0.1, 0.15) is 26.3 Å². The number of nitrogens with zero attached hydrogens (tertiary/aromatic N) is 1. The van der Waals surface area contributed by atoms with Gasteiger partial charge in [-0.05, 0) is 22.6 Å². The van der Waals surface area contributed by atoms with E-state index in [0.717, 1.165) is 12.3 Å². The lowest BCUT2D eigenvalue weighted by molar-refractivity contribution is 0.499. The minimum atomic E-state index is 0.236. The third-order valence-corrected chi connectivity index (χ3v) is 2.76. The van der Waals surface area contributed by atoms with Crippen LogP contribution in [0.3, 0.4) is 0 Å². The maximum absolute atomic E-state index is 4.58. The van der Waals surface area contributed by atoms with Crippen molar-refractivity contribution >= 4 is 5.71 Å². The molecule has 2 rings (SSSR count). The molecule has 0 saturated carbocycles. The average molecular weight is 199 g/mol. The van der Waals surface area contributed by atoms with Gasteiger partial charge in [-0.3, -0.25) is 4.99 Å². The lowest BCUT2D eigenvalue weighted by Gasteiger charge is -2.18. The maximum Gasteiger partial charge on any atom is 0.0651 e.